The zero-order chi connectivity index (χ0) is 13.9. The number of hydrogen-bond acceptors (Lipinski definition) is 3. The molecule has 2 aromatic heterocycles. The molecule has 0 amide bonds. The molecule has 0 saturated heterocycles. The second kappa shape index (κ2) is 5.34. The summed E-state index contributed by atoms with van der Waals surface area (Å²) < 4.78 is 2.11. The fraction of sp³-hybridized carbons (Fsp3) is 0.286. The highest BCUT2D eigenvalue weighted by molar-refractivity contribution is 5.74. The van der Waals surface area contributed by atoms with Crippen molar-refractivity contribution in [3.05, 3.63) is 52.5 Å². The molecular weight excluding hydrogens is 254 g/mol. The Balaban J connectivity index is 1.66. The van der Waals surface area contributed by atoms with Crippen molar-refractivity contribution >= 4 is 11.0 Å². The van der Waals surface area contributed by atoms with Gasteiger partial charge in [0.2, 0.25) is 0 Å². The zero-order valence-corrected chi connectivity index (χ0v) is 11.3. The summed E-state index contributed by atoms with van der Waals surface area (Å²) in [5, 5.41) is 3.36. The van der Waals surface area contributed by atoms with Crippen molar-refractivity contribution in [1.82, 2.24) is 24.8 Å². The summed E-state index contributed by atoms with van der Waals surface area (Å²) in [7, 11) is 0. The number of aryl methyl sites for hydroxylation is 1. The molecule has 0 unspecified atom stereocenters. The first kappa shape index (κ1) is 12.7. The molecule has 0 aliphatic rings. The van der Waals surface area contributed by atoms with E-state index in [1.165, 1.54) is 0 Å². The summed E-state index contributed by atoms with van der Waals surface area (Å²) >= 11 is 0. The first-order valence-corrected chi connectivity index (χ1v) is 6.68. The van der Waals surface area contributed by atoms with Gasteiger partial charge in [-0.3, -0.25) is 0 Å². The molecule has 6 heteroatoms. The van der Waals surface area contributed by atoms with Crippen LogP contribution in [-0.2, 0) is 19.6 Å². The third kappa shape index (κ3) is 2.50. The van der Waals surface area contributed by atoms with Crippen LogP contribution >= 0.6 is 0 Å². The number of imidazole rings is 2. The summed E-state index contributed by atoms with van der Waals surface area (Å²) in [5.74, 6) is 1.03. The molecule has 1 aromatic carbocycles. The Labute approximate surface area is 115 Å². The van der Waals surface area contributed by atoms with Crippen molar-refractivity contribution in [2.75, 3.05) is 0 Å². The van der Waals surface area contributed by atoms with Gasteiger partial charge in [-0.1, -0.05) is 6.07 Å². The summed E-state index contributed by atoms with van der Waals surface area (Å²) in [6.07, 6.45) is 3.80. The van der Waals surface area contributed by atoms with Crippen molar-refractivity contribution < 1.29 is 0 Å². The van der Waals surface area contributed by atoms with E-state index in [4.69, 9.17) is 0 Å². The Kier molecular flexibility index (Phi) is 3.39. The summed E-state index contributed by atoms with van der Waals surface area (Å²) in [5.41, 5.74) is 2.63. The first-order chi connectivity index (χ1) is 9.76. The Morgan fingerprint density at radius 1 is 1.25 bits per heavy atom. The lowest BCUT2D eigenvalue weighted by Gasteiger charge is -2.07. The second-order valence-corrected chi connectivity index (χ2v) is 4.69. The van der Waals surface area contributed by atoms with Crippen LogP contribution in [0.2, 0.25) is 0 Å². The van der Waals surface area contributed by atoms with E-state index >= 15 is 0 Å². The van der Waals surface area contributed by atoms with Gasteiger partial charge in [0.05, 0.1) is 17.6 Å². The SMILES string of the molecule is CCn1ccnc1CNCc1ccc2[nH]c(=O)[nH]c2c1. The lowest BCUT2D eigenvalue weighted by molar-refractivity contribution is 0.613. The molecule has 0 radical (unpaired) electrons. The maximum atomic E-state index is 11.2. The lowest BCUT2D eigenvalue weighted by atomic mass is 10.2. The first-order valence-electron chi connectivity index (χ1n) is 6.68. The van der Waals surface area contributed by atoms with E-state index in [1.807, 2.05) is 30.6 Å². The molecule has 0 spiro atoms. The number of aromatic amines is 2. The fourth-order valence-corrected chi connectivity index (χ4v) is 2.30. The number of nitrogens with one attached hydrogen (secondary N) is 3. The zero-order valence-electron chi connectivity index (χ0n) is 11.3. The summed E-state index contributed by atoms with van der Waals surface area (Å²) in [4.78, 5) is 21.0. The maximum Gasteiger partial charge on any atom is 0.323 e. The van der Waals surface area contributed by atoms with Crippen molar-refractivity contribution in [2.24, 2.45) is 0 Å². The lowest BCUT2D eigenvalue weighted by Crippen LogP contribution is -2.16. The van der Waals surface area contributed by atoms with E-state index in [0.717, 1.165) is 42.1 Å². The highest BCUT2D eigenvalue weighted by Gasteiger charge is 2.02. The highest BCUT2D eigenvalue weighted by Crippen LogP contribution is 2.10. The number of H-pyrrole nitrogens is 2. The number of fused-ring (bicyclic) bond motifs is 1. The van der Waals surface area contributed by atoms with Gasteiger partial charge >= 0.3 is 5.69 Å². The van der Waals surface area contributed by atoms with Crippen LogP contribution in [-0.4, -0.2) is 19.5 Å². The molecule has 0 saturated carbocycles. The largest absolute Gasteiger partial charge is 0.334 e. The van der Waals surface area contributed by atoms with Gasteiger partial charge in [-0.05, 0) is 24.6 Å². The molecule has 104 valence electrons. The Morgan fingerprint density at radius 2 is 2.10 bits per heavy atom. The van der Waals surface area contributed by atoms with Crippen molar-refractivity contribution in [3.63, 3.8) is 0 Å². The van der Waals surface area contributed by atoms with E-state index in [9.17, 15) is 4.79 Å². The second-order valence-electron chi connectivity index (χ2n) is 4.69. The number of rotatable bonds is 5. The van der Waals surface area contributed by atoms with E-state index in [1.54, 1.807) is 0 Å². The Bertz CT molecular complexity index is 767. The molecule has 6 nitrogen and oxygen atoms in total. The molecule has 20 heavy (non-hydrogen) atoms. The van der Waals surface area contributed by atoms with Gasteiger partial charge < -0.3 is 19.9 Å². The van der Waals surface area contributed by atoms with Crippen LogP contribution in [0.5, 0.6) is 0 Å². The number of aromatic nitrogens is 4. The van der Waals surface area contributed by atoms with Crippen LogP contribution in [0.1, 0.15) is 18.3 Å². The Hall–Kier alpha value is -2.34. The molecule has 3 rings (SSSR count). The number of nitrogens with zero attached hydrogens (tertiary/aromatic N) is 2. The predicted octanol–water partition coefficient (Wildman–Crippen LogP) is 1.36. The van der Waals surface area contributed by atoms with Gasteiger partial charge in [0.15, 0.2) is 0 Å². The molecule has 2 heterocycles. The van der Waals surface area contributed by atoms with Crippen LogP contribution in [0, 0.1) is 0 Å². The minimum atomic E-state index is -0.171. The molecule has 0 aliphatic carbocycles. The highest BCUT2D eigenvalue weighted by atomic mass is 16.1. The molecular formula is C14H17N5O. The van der Waals surface area contributed by atoms with Gasteiger partial charge in [-0.25, -0.2) is 9.78 Å². The van der Waals surface area contributed by atoms with Gasteiger partial charge in [0.25, 0.3) is 0 Å². The van der Waals surface area contributed by atoms with Crippen molar-refractivity contribution in [1.29, 1.82) is 0 Å². The molecule has 0 bridgehead atoms. The monoisotopic (exact) mass is 271 g/mol. The molecule has 0 fully saturated rings. The van der Waals surface area contributed by atoms with Crippen molar-refractivity contribution in [2.45, 2.75) is 26.6 Å². The van der Waals surface area contributed by atoms with E-state index in [0.29, 0.717) is 0 Å². The third-order valence-corrected chi connectivity index (χ3v) is 3.34. The van der Waals surface area contributed by atoms with E-state index < -0.39 is 0 Å². The minimum Gasteiger partial charge on any atom is -0.334 e. The van der Waals surface area contributed by atoms with E-state index in [2.05, 4.69) is 31.8 Å². The van der Waals surface area contributed by atoms with Gasteiger partial charge in [0, 0.05) is 25.5 Å². The molecule has 0 atom stereocenters. The number of hydrogen-bond donors (Lipinski definition) is 3. The van der Waals surface area contributed by atoms with Crippen LogP contribution < -0.4 is 11.0 Å². The fourth-order valence-electron chi connectivity index (χ4n) is 2.30. The quantitative estimate of drug-likeness (QED) is 0.655. The smallest absolute Gasteiger partial charge is 0.323 e. The molecule has 3 aromatic rings. The van der Waals surface area contributed by atoms with Gasteiger partial charge in [0.1, 0.15) is 5.82 Å². The van der Waals surface area contributed by atoms with Gasteiger partial charge in [-0.2, -0.15) is 0 Å². The van der Waals surface area contributed by atoms with Crippen LogP contribution in [0.3, 0.4) is 0 Å². The average Bonchev–Trinajstić information content (AvgIpc) is 3.03. The summed E-state index contributed by atoms with van der Waals surface area (Å²) in [6, 6.07) is 5.90. The molecule has 3 N–H and O–H groups in total. The topological polar surface area (TPSA) is 78.5 Å². The average molecular weight is 271 g/mol. The van der Waals surface area contributed by atoms with E-state index in [-0.39, 0.29) is 5.69 Å². The maximum absolute atomic E-state index is 11.2. The van der Waals surface area contributed by atoms with Crippen LogP contribution in [0.15, 0.2) is 35.4 Å². The summed E-state index contributed by atoms with van der Waals surface area (Å²) in [6.45, 7) is 4.48. The van der Waals surface area contributed by atoms with Crippen LogP contribution in [0.25, 0.3) is 11.0 Å². The number of benzene rings is 1. The third-order valence-electron chi connectivity index (χ3n) is 3.34. The van der Waals surface area contributed by atoms with Gasteiger partial charge in [-0.15, -0.1) is 0 Å². The Morgan fingerprint density at radius 3 is 2.95 bits per heavy atom. The minimum absolute atomic E-state index is 0.171. The normalized spacial score (nSPS) is 11.2. The molecule has 0 aliphatic heterocycles. The van der Waals surface area contributed by atoms with Crippen LogP contribution in [0.4, 0.5) is 0 Å². The standard InChI is InChI=1S/C14H17N5O/c1-2-19-6-5-16-13(19)9-15-8-10-3-4-11-12(7-10)18-14(20)17-11/h3-7,15H,2,8-9H2,1H3,(H2,17,18,20). The van der Waals surface area contributed by atoms with Crippen molar-refractivity contribution in [3.8, 4) is 0 Å². The predicted molar refractivity (Wildman–Crippen MR) is 77.4 cm³/mol.